The first kappa shape index (κ1) is 17.1. The van der Waals surface area contributed by atoms with Crippen LogP contribution in [-0.4, -0.2) is 12.0 Å². The third-order valence-corrected chi connectivity index (χ3v) is 4.35. The van der Waals surface area contributed by atoms with Crippen LogP contribution in [0.4, 0.5) is 5.69 Å². The maximum absolute atomic E-state index is 12.2. The molecule has 22 heavy (non-hydrogen) atoms. The van der Waals surface area contributed by atoms with E-state index in [1.165, 1.54) is 0 Å². The van der Waals surface area contributed by atoms with Crippen molar-refractivity contribution in [1.82, 2.24) is 0 Å². The molecular formula is C17H17ClINO2. The molecule has 2 aromatic rings. The average Bonchev–Trinajstić information content (AvgIpc) is 2.45. The molecule has 0 radical (unpaired) electrons. The smallest absolute Gasteiger partial charge is 0.265 e. The molecule has 0 saturated carbocycles. The zero-order chi connectivity index (χ0) is 16.3. The predicted molar refractivity (Wildman–Crippen MR) is 98.8 cm³/mol. The third kappa shape index (κ3) is 4.36. The maximum Gasteiger partial charge on any atom is 0.265 e. The molecule has 2 aromatic carbocycles. The van der Waals surface area contributed by atoms with Gasteiger partial charge >= 0.3 is 0 Å². The quantitative estimate of drug-likeness (QED) is 0.697. The van der Waals surface area contributed by atoms with E-state index in [1.807, 2.05) is 38.1 Å². The van der Waals surface area contributed by atoms with Gasteiger partial charge in [-0.15, -0.1) is 0 Å². The lowest BCUT2D eigenvalue weighted by Crippen LogP contribution is -2.30. The van der Waals surface area contributed by atoms with Gasteiger partial charge in [-0.25, -0.2) is 0 Å². The number of halogens is 2. The Bertz CT molecular complexity index is 703. The summed E-state index contributed by atoms with van der Waals surface area (Å²) >= 11 is 8.22. The molecule has 0 fully saturated rings. The second kappa shape index (κ2) is 7.33. The van der Waals surface area contributed by atoms with E-state index in [1.54, 1.807) is 19.1 Å². The molecule has 1 atom stereocenters. The van der Waals surface area contributed by atoms with Gasteiger partial charge in [-0.3, -0.25) is 4.79 Å². The molecule has 0 aliphatic rings. The zero-order valence-electron chi connectivity index (χ0n) is 12.6. The minimum Gasteiger partial charge on any atom is -0.481 e. The fraction of sp³-hybridized carbons (Fsp3) is 0.235. The summed E-state index contributed by atoms with van der Waals surface area (Å²) in [7, 11) is 0. The number of aryl methyl sites for hydroxylation is 2. The largest absolute Gasteiger partial charge is 0.481 e. The maximum atomic E-state index is 12.2. The molecule has 116 valence electrons. The number of hydrogen-bond acceptors (Lipinski definition) is 2. The van der Waals surface area contributed by atoms with Crippen molar-refractivity contribution in [2.24, 2.45) is 0 Å². The average molecular weight is 430 g/mol. The molecule has 0 heterocycles. The van der Waals surface area contributed by atoms with Crippen LogP contribution in [0.3, 0.4) is 0 Å². The van der Waals surface area contributed by atoms with Crippen LogP contribution >= 0.6 is 34.2 Å². The monoisotopic (exact) mass is 429 g/mol. The van der Waals surface area contributed by atoms with Gasteiger partial charge in [0.05, 0.1) is 0 Å². The van der Waals surface area contributed by atoms with E-state index in [2.05, 4.69) is 27.9 Å². The SMILES string of the molecule is Cc1cc(OC(C)C(=O)Nc2ccc(I)cc2C)ccc1Cl. The van der Waals surface area contributed by atoms with Gasteiger partial charge in [0.25, 0.3) is 5.91 Å². The fourth-order valence-corrected chi connectivity index (χ4v) is 2.71. The summed E-state index contributed by atoms with van der Waals surface area (Å²) in [6.07, 6.45) is -0.598. The predicted octanol–water partition coefficient (Wildman–Crippen LogP) is 4.97. The Labute approximate surface area is 149 Å². The van der Waals surface area contributed by atoms with Crippen molar-refractivity contribution in [3.05, 3.63) is 56.1 Å². The Balaban J connectivity index is 2.04. The number of hydrogen-bond donors (Lipinski definition) is 1. The van der Waals surface area contributed by atoms with Gasteiger partial charge in [0.2, 0.25) is 0 Å². The molecule has 0 spiro atoms. The van der Waals surface area contributed by atoms with Crippen molar-refractivity contribution in [3.63, 3.8) is 0 Å². The van der Waals surface area contributed by atoms with Crippen LogP contribution in [0.2, 0.25) is 5.02 Å². The second-order valence-electron chi connectivity index (χ2n) is 5.12. The Kier molecular flexibility index (Phi) is 5.69. The summed E-state index contributed by atoms with van der Waals surface area (Å²) < 4.78 is 6.81. The van der Waals surface area contributed by atoms with Gasteiger partial charge < -0.3 is 10.1 Å². The molecular weight excluding hydrogens is 413 g/mol. The van der Waals surface area contributed by atoms with Gasteiger partial charge in [0, 0.05) is 14.3 Å². The van der Waals surface area contributed by atoms with Crippen molar-refractivity contribution in [2.75, 3.05) is 5.32 Å². The summed E-state index contributed by atoms with van der Waals surface area (Å²) in [6, 6.07) is 11.2. The lowest BCUT2D eigenvalue weighted by atomic mass is 10.2. The van der Waals surface area contributed by atoms with Crippen LogP contribution in [-0.2, 0) is 4.79 Å². The highest BCUT2D eigenvalue weighted by molar-refractivity contribution is 14.1. The van der Waals surface area contributed by atoms with Crippen LogP contribution in [0.1, 0.15) is 18.1 Å². The highest BCUT2D eigenvalue weighted by atomic mass is 127. The Morgan fingerprint density at radius 1 is 1.18 bits per heavy atom. The second-order valence-corrected chi connectivity index (χ2v) is 6.77. The molecule has 0 saturated heterocycles. The number of carbonyl (C=O) groups is 1. The van der Waals surface area contributed by atoms with Crippen LogP contribution < -0.4 is 10.1 Å². The Hall–Kier alpha value is -1.27. The van der Waals surface area contributed by atoms with Crippen LogP contribution in [0.25, 0.3) is 0 Å². The number of rotatable bonds is 4. The van der Waals surface area contributed by atoms with Crippen molar-refractivity contribution in [1.29, 1.82) is 0 Å². The van der Waals surface area contributed by atoms with Crippen molar-refractivity contribution >= 4 is 45.8 Å². The van der Waals surface area contributed by atoms with Crippen LogP contribution in [0, 0.1) is 17.4 Å². The molecule has 1 N–H and O–H groups in total. The summed E-state index contributed by atoms with van der Waals surface area (Å²) in [5, 5.41) is 3.57. The van der Waals surface area contributed by atoms with Crippen LogP contribution in [0.15, 0.2) is 36.4 Å². The minimum absolute atomic E-state index is 0.183. The lowest BCUT2D eigenvalue weighted by Gasteiger charge is -2.16. The fourth-order valence-electron chi connectivity index (χ4n) is 1.95. The Morgan fingerprint density at radius 2 is 1.91 bits per heavy atom. The normalized spacial score (nSPS) is 11.9. The molecule has 5 heteroatoms. The molecule has 3 nitrogen and oxygen atoms in total. The van der Waals surface area contributed by atoms with E-state index in [9.17, 15) is 4.79 Å². The molecule has 1 unspecified atom stereocenters. The van der Waals surface area contributed by atoms with Crippen LogP contribution in [0.5, 0.6) is 5.75 Å². The first-order chi connectivity index (χ1) is 10.4. The molecule has 0 aliphatic carbocycles. The first-order valence-electron chi connectivity index (χ1n) is 6.86. The Morgan fingerprint density at radius 3 is 2.55 bits per heavy atom. The number of nitrogens with one attached hydrogen (secondary N) is 1. The molecule has 1 amide bonds. The van der Waals surface area contributed by atoms with Gasteiger partial charge in [-0.2, -0.15) is 0 Å². The summed E-state index contributed by atoms with van der Waals surface area (Å²) in [5.74, 6) is 0.445. The van der Waals surface area contributed by atoms with Crippen molar-refractivity contribution in [3.8, 4) is 5.75 Å². The zero-order valence-corrected chi connectivity index (χ0v) is 15.5. The van der Waals surface area contributed by atoms with E-state index >= 15 is 0 Å². The van der Waals surface area contributed by atoms with E-state index in [0.29, 0.717) is 10.8 Å². The third-order valence-electron chi connectivity index (χ3n) is 3.26. The summed E-state index contributed by atoms with van der Waals surface area (Å²) in [5.41, 5.74) is 2.74. The van der Waals surface area contributed by atoms with E-state index in [-0.39, 0.29) is 5.91 Å². The van der Waals surface area contributed by atoms with Gasteiger partial charge in [-0.05, 0) is 90.9 Å². The lowest BCUT2D eigenvalue weighted by molar-refractivity contribution is -0.122. The molecule has 0 aromatic heterocycles. The summed E-state index contributed by atoms with van der Waals surface area (Å²) in [6.45, 7) is 5.59. The number of carbonyl (C=O) groups excluding carboxylic acids is 1. The van der Waals surface area contributed by atoms with E-state index < -0.39 is 6.10 Å². The molecule has 0 aliphatic heterocycles. The van der Waals surface area contributed by atoms with Gasteiger partial charge in [-0.1, -0.05) is 11.6 Å². The van der Waals surface area contributed by atoms with E-state index in [4.69, 9.17) is 16.3 Å². The summed E-state index contributed by atoms with van der Waals surface area (Å²) in [4.78, 5) is 12.2. The number of amides is 1. The minimum atomic E-state index is -0.598. The first-order valence-corrected chi connectivity index (χ1v) is 8.32. The number of ether oxygens (including phenoxy) is 1. The van der Waals surface area contributed by atoms with Crippen molar-refractivity contribution < 1.29 is 9.53 Å². The molecule has 0 bridgehead atoms. The topological polar surface area (TPSA) is 38.3 Å². The number of anilines is 1. The standard InChI is InChI=1S/C17H17ClINO2/c1-10-9-14(5-6-15(10)18)22-12(3)17(21)20-16-7-4-13(19)8-11(16)2/h4-9,12H,1-3H3,(H,20,21). The highest BCUT2D eigenvalue weighted by Gasteiger charge is 2.16. The van der Waals surface area contributed by atoms with Gasteiger partial charge in [0.15, 0.2) is 6.10 Å². The van der Waals surface area contributed by atoms with Gasteiger partial charge in [0.1, 0.15) is 5.75 Å². The molecule has 2 rings (SSSR count). The van der Waals surface area contributed by atoms with E-state index in [0.717, 1.165) is 20.4 Å². The highest BCUT2D eigenvalue weighted by Crippen LogP contribution is 2.22. The van der Waals surface area contributed by atoms with Crippen molar-refractivity contribution in [2.45, 2.75) is 26.9 Å². The number of benzene rings is 2.